The number of carbonyl (C=O) groups is 2. The lowest BCUT2D eigenvalue weighted by Gasteiger charge is -2.16. The van der Waals surface area contributed by atoms with Crippen molar-refractivity contribution in [3.05, 3.63) is 47.7 Å². The van der Waals surface area contributed by atoms with Crippen LogP contribution in [0.3, 0.4) is 0 Å². The normalized spacial score (nSPS) is 16.4. The van der Waals surface area contributed by atoms with Crippen LogP contribution in [0.4, 0.5) is 4.39 Å². The number of hydrogen-bond donors (Lipinski definition) is 1. The summed E-state index contributed by atoms with van der Waals surface area (Å²) in [6.07, 6.45) is 0.911. The molecule has 1 saturated heterocycles. The molecule has 3 rings (SSSR count). The van der Waals surface area contributed by atoms with Crippen molar-refractivity contribution in [1.29, 1.82) is 0 Å². The third-order valence-corrected chi connectivity index (χ3v) is 4.38. The van der Waals surface area contributed by atoms with Crippen molar-refractivity contribution in [3.63, 3.8) is 0 Å². The summed E-state index contributed by atoms with van der Waals surface area (Å²) in [5.74, 6) is 0.553. The summed E-state index contributed by atoms with van der Waals surface area (Å²) in [7, 11) is 0. The van der Waals surface area contributed by atoms with Gasteiger partial charge in [0, 0.05) is 43.6 Å². The van der Waals surface area contributed by atoms with Crippen molar-refractivity contribution in [2.75, 3.05) is 13.1 Å². The van der Waals surface area contributed by atoms with E-state index < -0.39 is 5.91 Å². The molecule has 2 aromatic rings. The highest BCUT2D eigenvalue weighted by Crippen LogP contribution is 2.28. The number of ether oxygens (including phenoxy) is 1. The van der Waals surface area contributed by atoms with Crippen LogP contribution in [-0.4, -0.2) is 39.8 Å². The van der Waals surface area contributed by atoms with E-state index in [0.717, 1.165) is 12.1 Å². The molecular weight excluding hydrogens is 351 g/mol. The van der Waals surface area contributed by atoms with Crippen LogP contribution in [-0.2, 0) is 9.59 Å². The highest BCUT2D eigenvalue weighted by Gasteiger charge is 2.29. The van der Waals surface area contributed by atoms with Crippen LogP contribution < -0.4 is 10.5 Å². The monoisotopic (exact) mass is 372 g/mol. The second kappa shape index (κ2) is 8.11. The molecule has 27 heavy (non-hydrogen) atoms. The molecule has 0 bridgehead atoms. The van der Waals surface area contributed by atoms with Crippen molar-refractivity contribution in [2.45, 2.75) is 32.1 Å². The maximum absolute atomic E-state index is 13.0. The molecule has 1 aliphatic rings. The minimum Gasteiger partial charge on any atom is -0.439 e. The zero-order valence-corrected chi connectivity index (χ0v) is 15.0. The van der Waals surface area contributed by atoms with Crippen LogP contribution in [0, 0.1) is 12.7 Å². The van der Waals surface area contributed by atoms with Gasteiger partial charge in [-0.15, -0.1) is 0 Å². The highest BCUT2D eigenvalue weighted by atomic mass is 19.1. The summed E-state index contributed by atoms with van der Waals surface area (Å²) in [6.45, 7) is 2.93. The Morgan fingerprint density at radius 2 is 2.00 bits per heavy atom. The topological polar surface area (TPSA) is 98.4 Å². The SMILES string of the molecule is Cc1cc(Oc2ccc(F)cc2)nc(C2CCN(C(=O)CCC(N)=O)C2)n1. The third kappa shape index (κ3) is 4.99. The molecule has 0 spiro atoms. The maximum Gasteiger partial charge on any atom is 0.223 e. The standard InChI is InChI=1S/C19H21FN4O3/c1-12-10-17(27-15-4-2-14(20)3-5-15)23-19(22-12)13-8-9-24(11-13)18(26)7-6-16(21)25/h2-5,10,13H,6-9,11H2,1H3,(H2,21,25). The minimum absolute atomic E-state index is 0.00186. The fraction of sp³-hybridized carbons (Fsp3) is 0.368. The Bertz CT molecular complexity index is 841. The van der Waals surface area contributed by atoms with E-state index in [-0.39, 0.29) is 30.5 Å². The number of halogens is 1. The molecule has 1 unspecified atom stereocenters. The Kier molecular flexibility index (Phi) is 5.63. The lowest BCUT2D eigenvalue weighted by atomic mass is 10.1. The molecule has 0 aliphatic carbocycles. The second-order valence-corrected chi connectivity index (χ2v) is 6.55. The van der Waals surface area contributed by atoms with Gasteiger partial charge in [-0.2, -0.15) is 4.98 Å². The Labute approximate surface area is 156 Å². The molecule has 1 aliphatic heterocycles. The molecule has 7 nitrogen and oxygen atoms in total. The van der Waals surface area contributed by atoms with Gasteiger partial charge >= 0.3 is 0 Å². The molecule has 1 aromatic carbocycles. The van der Waals surface area contributed by atoms with E-state index in [1.807, 2.05) is 6.92 Å². The van der Waals surface area contributed by atoms with E-state index in [9.17, 15) is 14.0 Å². The first-order valence-corrected chi connectivity index (χ1v) is 8.76. The number of nitrogens with zero attached hydrogens (tertiary/aromatic N) is 3. The molecule has 0 saturated carbocycles. The van der Waals surface area contributed by atoms with Crippen molar-refractivity contribution in [2.24, 2.45) is 5.73 Å². The van der Waals surface area contributed by atoms with Gasteiger partial charge < -0.3 is 15.4 Å². The predicted octanol–water partition coefficient (Wildman–Crippen LogP) is 2.30. The fourth-order valence-corrected chi connectivity index (χ4v) is 3.01. The number of benzene rings is 1. The molecule has 1 atom stereocenters. The van der Waals surface area contributed by atoms with Crippen molar-refractivity contribution in [3.8, 4) is 11.6 Å². The van der Waals surface area contributed by atoms with Gasteiger partial charge in [-0.25, -0.2) is 9.37 Å². The molecule has 2 N–H and O–H groups in total. The third-order valence-electron chi connectivity index (χ3n) is 4.38. The molecule has 1 fully saturated rings. The summed E-state index contributed by atoms with van der Waals surface area (Å²) in [5.41, 5.74) is 5.84. The average Bonchev–Trinajstić information content (AvgIpc) is 3.11. The summed E-state index contributed by atoms with van der Waals surface area (Å²) < 4.78 is 18.7. The quantitative estimate of drug-likeness (QED) is 0.839. The Balaban J connectivity index is 1.68. The van der Waals surface area contributed by atoms with E-state index in [1.54, 1.807) is 11.0 Å². The van der Waals surface area contributed by atoms with Crippen LogP contribution in [0.1, 0.15) is 36.7 Å². The number of rotatable bonds is 6. The summed E-state index contributed by atoms with van der Waals surface area (Å²) in [6, 6.07) is 7.40. The number of carbonyl (C=O) groups excluding carboxylic acids is 2. The zero-order valence-electron chi connectivity index (χ0n) is 15.0. The highest BCUT2D eigenvalue weighted by molar-refractivity contribution is 5.83. The van der Waals surface area contributed by atoms with Gasteiger partial charge in [-0.3, -0.25) is 9.59 Å². The van der Waals surface area contributed by atoms with Crippen LogP contribution in [0.25, 0.3) is 0 Å². The van der Waals surface area contributed by atoms with Gasteiger partial charge in [-0.1, -0.05) is 0 Å². The molecule has 2 heterocycles. The number of hydrogen-bond acceptors (Lipinski definition) is 5. The fourth-order valence-electron chi connectivity index (χ4n) is 3.01. The summed E-state index contributed by atoms with van der Waals surface area (Å²) >= 11 is 0. The van der Waals surface area contributed by atoms with Crippen LogP contribution >= 0.6 is 0 Å². The number of aromatic nitrogens is 2. The van der Waals surface area contributed by atoms with Crippen molar-refractivity contribution >= 4 is 11.8 Å². The van der Waals surface area contributed by atoms with Gasteiger partial charge in [-0.05, 0) is 37.6 Å². The van der Waals surface area contributed by atoms with E-state index in [1.165, 1.54) is 24.3 Å². The van der Waals surface area contributed by atoms with Crippen LogP contribution in [0.5, 0.6) is 11.6 Å². The van der Waals surface area contributed by atoms with E-state index >= 15 is 0 Å². The largest absolute Gasteiger partial charge is 0.439 e. The molecule has 8 heteroatoms. The number of likely N-dealkylation sites (tertiary alicyclic amines) is 1. The first-order valence-electron chi connectivity index (χ1n) is 8.76. The van der Waals surface area contributed by atoms with Gasteiger partial charge in [0.25, 0.3) is 0 Å². The van der Waals surface area contributed by atoms with Gasteiger partial charge in [0.2, 0.25) is 17.7 Å². The van der Waals surface area contributed by atoms with Crippen LogP contribution in [0.2, 0.25) is 0 Å². The minimum atomic E-state index is -0.483. The number of aryl methyl sites for hydroxylation is 1. The van der Waals surface area contributed by atoms with Gasteiger partial charge in [0.05, 0.1) is 0 Å². The van der Waals surface area contributed by atoms with E-state index in [2.05, 4.69) is 9.97 Å². The maximum atomic E-state index is 13.0. The first kappa shape index (κ1) is 18.8. The lowest BCUT2D eigenvalue weighted by molar-refractivity contribution is -0.132. The zero-order chi connectivity index (χ0) is 19.4. The smallest absolute Gasteiger partial charge is 0.223 e. The average molecular weight is 372 g/mol. The summed E-state index contributed by atoms with van der Waals surface area (Å²) in [5, 5.41) is 0. The first-order chi connectivity index (χ1) is 12.9. The molecule has 2 amide bonds. The lowest BCUT2D eigenvalue weighted by Crippen LogP contribution is -2.29. The van der Waals surface area contributed by atoms with Crippen molar-refractivity contribution < 1.29 is 18.7 Å². The molecule has 142 valence electrons. The van der Waals surface area contributed by atoms with Crippen molar-refractivity contribution in [1.82, 2.24) is 14.9 Å². The Morgan fingerprint density at radius 3 is 2.70 bits per heavy atom. The number of nitrogens with two attached hydrogens (primary N) is 1. The molecular formula is C19H21FN4O3. The Morgan fingerprint density at radius 1 is 1.26 bits per heavy atom. The van der Waals surface area contributed by atoms with E-state index in [4.69, 9.17) is 10.5 Å². The Hall–Kier alpha value is -3.03. The number of amides is 2. The number of primary amides is 1. The van der Waals surface area contributed by atoms with E-state index in [0.29, 0.717) is 30.5 Å². The second-order valence-electron chi connectivity index (χ2n) is 6.55. The predicted molar refractivity (Wildman–Crippen MR) is 95.6 cm³/mol. The molecule has 0 radical (unpaired) electrons. The van der Waals surface area contributed by atoms with Gasteiger partial charge in [0.1, 0.15) is 17.4 Å². The molecule has 1 aromatic heterocycles. The van der Waals surface area contributed by atoms with Crippen LogP contribution in [0.15, 0.2) is 30.3 Å². The summed E-state index contributed by atoms with van der Waals surface area (Å²) in [4.78, 5) is 33.6. The van der Waals surface area contributed by atoms with Gasteiger partial charge in [0.15, 0.2) is 0 Å².